The summed E-state index contributed by atoms with van der Waals surface area (Å²) < 4.78 is 16.3. The van der Waals surface area contributed by atoms with E-state index in [0.29, 0.717) is 22.9 Å². The highest BCUT2D eigenvalue weighted by molar-refractivity contribution is 6.02. The molecule has 3 aromatic carbocycles. The second-order valence-electron chi connectivity index (χ2n) is 6.73. The van der Waals surface area contributed by atoms with Crippen LogP contribution in [-0.4, -0.2) is 18.4 Å². The molecule has 0 radical (unpaired) electrons. The lowest BCUT2D eigenvalue weighted by atomic mass is 10.3. The van der Waals surface area contributed by atoms with Crippen molar-refractivity contribution in [2.75, 3.05) is 17.2 Å². The van der Waals surface area contributed by atoms with Crippen LogP contribution >= 0.6 is 0 Å². The van der Waals surface area contributed by atoms with Gasteiger partial charge >= 0.3 is 0 Å². The molecule has 0 aliphatic rings. The number of nitrogens with one attached hydrogen (secondary N) is 2. The highest BCUT2D eigenvalue weighted by Crippen LogP contribution is 2.22. The molecule has 0 saturated heterocycles. The van der Waals surface area contributed by atoms with E-state index in [0.717, 1.165) is 5.75 Å². The smallest absolute Gasteiger partial charge is 0.291 e. The number of carbonyl (C=O) groups is 2. The molecule has 1 heterocycles. The molecule has 0 fully saturated rings. The lowest BCUT2D eigenvalue weighted by Gasteiger charge is -2.10. The number of benzene rings is 3. The van der Waals surface area contributed by atoms with Gasteiger partial charge in [-0.2, -0.15) is 0 Å². The molecule has 4 rings (SSSR count). The summed E-state index contributed by atoms with van der Waals surface area (Å²) in [4.78, 5) is 24.1. The molecule has 32 heavy (non-hydrogen) atoms. The predicted molar refractivity (Wildman–Crippen MR) is 120 cm³/mol. The fourth-order valence-corrected chi connectivity index (χ4v) is 2.81. The molecule has 0 aliphatic heterocycles. The van der Waals surface area contributed by atoms with Crippen LogP contribution in [-0.2, 0) is 4.79 Å². The normalized spacial score (nSPS) is 10.2. The topological polar surface area (TPSA) is 89.8 Å². The van der Waals surface area contributed by atoms with Gasteiger partial charge < -0.3 is 24.5 Å². The number of para-hydroxylation sites is 1. The Balaban J connectivity index is 1.23. The molecule has 0 atom stereocenters. The summed E-state index contributed by atoms with van der Waals surface area (Å²) in [5, 5.41) is 5.48. The highest BCUT2D eigenvalue weighted by atomic mass is 16.5. The summed E-state index contributed by atoms with van der Waals surface area (Å²) in [6.07, 6.45) is 1.43. The van der Waals surface area contributed by atoms with Crippen LogP contribution in [0.1, 0.15) is 10.6 Å². The van der Waals surface area contributed by atoms with E-state index >= 15 is 0 Å². The first-order chi connectivity index (χ1) is 15.7. The molecular weight excluding hydrogens is 408 g/mol. The Morgan fingerprint density at radius 2 is 1.31 bits per heavy atom. The van der Waals surface area contributed by atoms with Crippen molar-refractivity contribution in [2.45, 2.75) is 0 Å². The number of rotatable bonds is 8. The van der Waals surface area contributed by atoms with Gasteiger partial charge in [-0.3, -0.25) is 9.59 Å². The zero-order chi connectivity index (χ0) is 22.2. The van der Waals surface area contributed by atoms with Gasteiger partial charge in [0.1, 0.15) is 17.2 Å². The molecule has 160 valence electrons. The summed E-state index contributed by atoms with van der Waals surface area (Å²) in [7, 11) is 0. The van der Waals surface area contributed by atoms with Gasteiger partial charge in [0, 0.05) is 11.4 Å². The van der Waals surface area contributed by atoms with Gasteiger partial charge in [0.25, 0.3) is 11.8 Å². The molecule has 0 unspecified atom stereocenters. The standard InChI is InChI=1S/C25H20N2O5/c28-24(26-18-10-14-22(15-11-18)32-21-5-2-1-3-6-21)17-31-20-12-8-19(9-13-20)27-25(29)23-7-4-16-30-23/h1-16H,17H2,(H,26,28)(H,27,29). The van der Waals surface area contributed by atoms with Crippen LogP contribution in [0.15, 0.2) is 102 Å². The average molecular weight is 428 g/mol. The van der Waals surface area contributed by atoms with Crippen LogP contribution in [0.25, 0.3) is 0 Å². The maximum atomic E-state index is 12.2. The summed E-state index contributed by atoms with van der Waals surface area (Å²) >= 11 is 0. The SMILES string of the molecule is O=C(COc1ccc(NC(=O)c2ccco2)cc1)Nc1ccc(Oc2ccccc2)cc1. The minimum atomic E-state index is -0.344. The fourth-order valence-electron chi connectivity index (χ4n) is 2.81. The average Bonchev–Trinajstić information content (AvgIpc) is 3.36. The van der Waals surface area contributed by atoms with Gasteiger partial charge in [0.05, 0.1) is 6.26 Å². The van der Waals surface area contributed by atoms with Crippen LogP contribution in [0.3, 0.4) is 0 Å². The lowest BCUT2D eigenvalue weighted by molar-refractivity contribution is -0.118. The molecule has 7 heteroatoms. The van der Waals surface area contributed by atoms with E-state index in [1.807, 2.05) is 30.3 Å². The second kappa shape index (κ2) is 9.99. The number of carbonyl (C=O) groups excluding carboxylic acids is 2. The van der Waals surface area contributed by atoms with Crippen molar-refractivity contribution in [3.8, 4) is 17.2 Å². The van der Waals surface area contributed by atoms with Gasteiger partial charge in [-0.15, -0.1) is 0 Å². The van der Waals surface area contributed by atoms with E-state index < -0.39 is 0 Å². The maximum Gasteiger partial charge on any atom is 0.291 e. The molecule has 0 bridgehead atoms. The van der Waals surface area contributed by atoms with Crippen molar-refractivity contribution >= 4 is 23.2 Å². The van der Waals surface area contributed by atoms with Gasteiger partial charge in [0.2, 0.25) is 0 Å². The number of hydrogen-bond acceptors (Lipinski definition) is 5. The molecule has 2 amide bonds. The van der Waals surface area contributed by atoms with Crippen LogP contribution in [0, 0.1) is 0 Å². The van der Waals surface area contributed by atoms with E-state index in [9.17, 15) is 9.59 Å². The number of amides is 2. The van der Waals surface area contributed by atoms with Crippen LogP contribution in [0.2, 0.25) is 0 Å². The van der Waals surface area contributed by atoms with Crippen molar-refractivity contribution in [2.24, 2.45) is 0 Å². The first kappa shape index (κ1) is 20.7. The van der Waals surface area contributed by atoms with Crippen molar-refractivity contribution in [1.82, 2.24) is 0 Å². The molecule has 1 aromatic heterocycles. The number of hydrogen-bond donors (Lipinski definition) is 2. The summed E-state index contributed by atoms with van der Waals surface area (Å²) in [6, 6.07) is 26.4. The van der Waals surface area contributed by atoms with Gasteiger partial charge in [-0.1, -0.05) is 18.2 Å². The van der Waals surface area contributed by atoms with E-state index in [4.69, 9.17) is 13.9 Å². The fraction of sp³-hybridized carbons (Fsp3) is 0.0400. The summed E-state index contributed by atoms with van der Waals surface area (Å²) in [5.41, 5.74) is 1.22. The molecule has 0 saturated carbocycles. The number of anilines is 2. The number of ether oxygens (including phenoxy) is 2. The van der Waals surface area contributed by atoms with Crippen LogP contribution < -0.4 is 20.1 Å². The first-order valence-corrected chi connectivity index (χ1v) is 9.86. The Morgan fingerprint density at radius 1 is 0.688 bits per heavy atom. The quantitative estimate of drug-likeness (QED) is 0.395. The van der Waals surface area contributed by atoms with Crippen LogP contribution in [0.5, 0.6) is 17.2 Å². The lowest BCUT2D eigenvalue weighted by Crippen LogP contribution is -2.20. The van der Waals surface area contributed by atoms with E-state index in [1.165, 1.54) is 6.26 Å². The van der Waals surface area contributed by atoms with Crippen molar-refractivity contribution in [3.05, 3.63) is 103 Å². The first-order valence-electron chi connectivity index (χ1n) is 9.86. The minimum absolute atomic E-state index is 0.152. The molecule has 0 aliphatic carbocycles. The van der Waals surface area contributed by atoms with Gasteiger partial charge in [-0.05, 0) is 72.8 Å². The summed E-state index contributed by atoms with van der Waals surface area (Å²) in [6.45, 7) is -0.152. The third kappa shape index (κ3) is 5.76. The molecule has 2 N–H and O–H groups in total. The maximum absolute atomic E-state index is 12.2. The molecule has 0 spiro atoms. The minimum Gasteiger partial charge on any atom is -0.484 e. The zero-order valence-corrected chi connectivity index (χ0v) is 17.0. The second-order valence-corrected chi connectivity index (χ2v) is 6.73. The molecule has 7 nitrogen and oxygen atoms in total. The van der Waals surface area contributed by atoms with Crippen molar-refractivity contribution in [1.29, 1.82) is 0 Å². The van der Waals surface area contributed by atoms with E-state index in [2.05, 4.69) is 10.6 Å². The third-order valence-corrected chi connectivity index (χ3v) is 4.34. The molecular formula is C25H20N2O5. The Kier molecular flexibility index (Phi) is 6.48. The van der Waals surface area contributed by atoms with Crippen molar-refractivity contribution < 1.29 is 23.5 Å². The van der Waals surface area contributed by atoms with E-state index in [1.54, 1.807) is 60.7 Å². The highest BCUT2D eigenvalue weighted by Gasteiger charge is 2.09. The number of furan rings is 1. The van der Waals surface area contributed by atoms with Gasteiger partial charge in [0.15, 0.2) is 12.4 Å². The Labute approximate surface area is 184 Å². The summed E-state index contributed by atoms with van der Waals surface area (Å²) in [5.74, 6) is 1.50. The zero-order valence-electron chi connectivity index (χ0n) is 17.0. The molecule has 4 aromatic rings. The largest absolute Gasteiger partial charge is 0.484 e. The Bertz CT molecular complexity index is 1160. The Morgan fingerprint density at radius 3 is 1.97 bits per heavy atom. The predicted octanol–water partition coefficient (Wildman–Crippen LogP) is 5.34. The van der Waals surface area contributed by atoms with E-state index in [-0.39, 0.29) is 24.2 Å². The van der Waals surface area contributed by atoms with Gasteiger partial charge in [-0.25, -0.2) is 0 Å². The monoisotopic (exact) mass is 428 g/mol. The third-order valence-electron chi connectivity index (χ3n) is 4.34. The Hall–Kier alpha value is -4.52. The van der Waals surface area contributed by atoms with Crippen LogP contribution in [0.4, 0.5) is 11.4 Å². The van der Waals surface area contributed by atoms with Crippen molar-refractivity contribution in [3.63, 3.8) is 0 Å².